The highest BCUT2D eigenvalue weighted by molar-refractivity contribution is 6.56. The zero-order chi connectivity index (χ0) is 14.7. The van der Waals surface area contributed by atoms with E-state index in [2.05, 4.69) is 4.99 Å². The summed E-state index contributed by atoms with van der Waals surface area (Å²) < 4.78 is 1.95. The van der Waals surface area contributed by atoms with Crippen LogP contribution in [-0.2, 0) is 0 Å². The van der Waals surface area contributed by atoms with Crippen molar-refractivity contribution in [3.05, 3.63) is 17.3 Å². The molecular formula is C14H19ClN4O. The minimum atomic E-state index is -0.0731. The number of hydrogen-bond donors (Lipinski definition) is 1. The lowest BCUT2D eigenvalue weighted by atomic mass is 10.2. The first-order chi connectivity index (χ1) is 9.60. The normalized spacial score (nSPS) is 15.9. The van der Waals surface area contributed by atoms with Gasteiger partial charge in [-0.15, -0.1) is 0 Å². The smallest absolute Gasteiger partial charge is 0.270 e. The van der Waals surface area contributed by atoms with Crippen LogP contribution < -0.4 is 0 Å². The highest BCUT2D eigenvalue weighted by atomic mass is 35.5. The van der Waals surface area contributed by atoms with Crippen molar-refractivity contribution in [2.24, 2.45) is 4.99 Å². The highest BCUT2D eigenvalue weighted by Gasteiger charge is 2.27. The molecule has 1 aromatic heterocycles. The lowest BCUT2D eigenvalue weighted by Gasteiger charge is -2.19. The van der Waals surface area contributed by atoms with Gasteiger partial charge < -0.3 is 14.9 Å². The second-order valence-corrected chi connectivity index (χ2v) is 5.38. The van der Waals surface area contributed by atoms with Crippen LogP contribution in [0.4, 0.5) is 5.82 Å². The zero-order valence-corrected chi connectivity index (χ0v) is 12.5. The monoisotopic (exact) mass is 294 g/mol. The summed E-state index contributed by atoms with van der Waals surface area (Å²) in [5.41, 5.74) is 2.40. The third kappa shape index (κ3) is 2.63. The Morgan fingerprint density at radius 1 is 1.50 bits per heavy atom. The number of rotatable bonds is 4. The Morgan fingerprint density at radius 3 is 2.65 bits per heavy atom. The lowest BCUT2D eigenvalue weighted by Crippen LogP contribution is -2.25. The Labute approximate surface area is 123 Å². The molecular weight excluding hydrogens is 276 g/mol. The molecule has 0 spiro atoms. The Hall–Kier alpha value is -1.62. The van der Waals surface area contributed by atoms with E-state index in [0.717, 1.165) is 25.7 Å². The van der Waals surface area contributed by atoms with E-state index < -0.39 is 0 Å². The maximum atomic E-state index is 12.4. The van der Waals surface area contributed by atoms with Crippen molar-refractivity contribution in [2.75, 3.05) is 14.1 Å². The van der Waals surface area contributed by atoms with Gasteiger partial charge in [0.05, 0.1) is 5.67 Å². The Balaban J connectivity index is 2.60. The molecule has 1 fully saturated rings. The van der Waals surface area contributed by atoms with Gasteiger partial charge in [-0.2, -0.15) is 0 Å². The van der Waals surface area contributed by atoms with Crippen molar-refractivity contribution >= 4 is 35.2 Å². The minimum absolute atomic E-state index is 0.0731. The lowest BCUT2D eigenvalue weighted by molar-refractivity contribution is 0.0815. The van der Waals surface area contributed by atoms with Gasteiger partial charge in [0.2, 0.25) is 0 Å². The molecule has 108 valence electrons. The second-order valence-electron chi connectivity index (χ2n) is 5.19. The number of nitrogens with one attached hydrogen (secondary N) is 1. The molecule has 1 aliphatic carbocycles. The maximum absolute atomic E-state index is 12.4. The van der Waals surface area contributed by atoms with Gasteiger partial charge in [0.25, 0.3) is 5.91 Å². The quantitative estimate of drug-likeness (QED) is 0.852. The van der Waals surface area contributed by atoms with Gasteiger partial charge in [-0.25, -0.2) is 4.99 Å². The summed E-state index contributed by atoms with van der Waals surface area (Å²) in [6, 6.07) is 1.99. The van der Waals surface area contributed by atoms with Crippen LogP contribution in [-0.4, -0.2) is 41.4 Å². The molecule has 1 amide bonds. The van der Waals surface area contributed by atoms with E-state index in [-0.39, 0.29) is 11.9 Å². The Bertz CT molecular complexity index is 542. The van der Waals surface area contributed by atoms with Gasteiger partial charge >= 0.3 is 0 Å². The summed E-state index contributed by atoms with van der Waals surface area (Å²) >= 11 is 5.62. The molecule has 0 saturated heterocycles. The number of nitrogens with zero attached hydrogens (tertiary/aromatic N) is 3. The van der Waals surface area contributed by atoms with E-state index in [0.29, 0.717) is 17.1 Å². The average Bonchev–Trinajstić information content (AvgIpc) is 3.04. The van der Waals surface area contributed by atoms with E-state index in [9.17, 15) is 4.79 Å². The van der Waals surface area contributed by atoms with Crippen molar-refractivity contribution in [1.82, 2.24) is 9.47 Å². The maximum Gasteiger partial charge on any atom is 0.270 e. The van der Waals surface area contributed by atoms with Gasteiger partial charge in [0, 0.05) is 31.9 Å². The number of aliphatic imine (C=N–C) groups is 1. The van der Waals surface area contributed by atoms with Crippen molar-refractivity contribution in [2.45, 2.75) is 31.7 Å². The summed E-state index contributed by atoms with van der Waals surface area (Å²) in [7, 11) is 3.45. The van der Waals surface area contributed by atoms with Gasteiger partial charge in [0.15, 0.2) is 0 Å². The molecule has 0 bridgehead atoms. The first-order valence-electron chi connectivity index (χ1n) is 6.70. The van der Waals surface area contributed by atoms with Crippen LogP contribution in [0.5, 0.6) is 0 Å². The standard InChI is InChI=1S/C14H19ClN4O/c1-18(2)14(20)12-7-10(8-16)13(17-9-15)19(12)11-5-3-4-6-11/h7-9,11,16H,3-6H2,1-2H3/b16-8?,17-9+. The Morgan fingerprint density at radius 2 is 2.15 bits per heavy atom. The number of carbonyl (C=O) groups is 1. The molecule has 20 heavy (non-hydrogen) atoms. The summed E-state index contributed by atoms with van der Waals surface area (Å²) in [5, 5.41) is 7.51. The SMILES string of the molecule is CN(C)C(=O)c1cc(C=N)c(/N=C/Cl)n1C1CCCC1. The molecule has 1 heterocycles. The van der Waals surface area contributed by atoms with E-state index in [1.807, 2.05) is 4.57 Å². The fraction of sp³-hybridized carbons (Fsp3) is 0.500. The van der Waals surface area contributed by atoms with E-state index in [4.69, 9.17) is 17.0 Å². The number of aromatic nitrogens is 1. The third-order valence-corrected chi connectivity index (χ3v) is 3.78. The van der Waals surface area contributed by atoms with Crippen LogP contribution in [0.25, 0.3) is 0 Å². The zero-order valence-electron chi connectivity index (χ0n) is 11.8. The van der Waals surface area contributed by atoms with Gasteiger partial charge in [-0.1, -0.05) is 24.4 Å². The van der Waals surface area contributed by atoms with Crippen LogP contribution in [0.2, 0.25) is 0 Å². The molecule has 0 aliphatic heterocycles. The molecule has 5 nitrogen and oxygen atoms in total. The first kappa shape index (κ1) is 14.8. The third-order valence-electron chi connectivity index (χ3n) is 3.68. The largest absolute Gasteiger partial charge is 0.343 e. The van der Waals surface area contributed by atoms with Crippen molar-refractivity contribution in [3.8, 4) is 0 Å². The Kier molecular flexibility index (Phi) is 4.60. The summed E-state index contributed by atoms with van der Waals surface area (Å²) in [5.74, 6) is 0.531. The molecule has 0 aromatic carbocycles. The molecule has 1 N–H and O–H groups in total. The fourth-order valence-electron chi connectivity index (χ4n) is 2.75. The van der Waals surface area contributed by atoms with Crippen molar-refractivity contribution in [3.63, 3.8) is 0 Å². The molecule has 0 radical (unpaired) electrons. The number of hydrogen-bond acceptors (Lipinski definition) is 3. The summed E-state index contributed by atoms with van der Waals surface area (Å²) in [6.45, 7) is 0. The number of amides is 1. The summed E-state index contributed by atoms with van der Waals surface area (Å²) in [4.78, 5) is 18.1. The molecule has 6 heteroatoms. The first-order valence-corrected chi connectivity index (χ1v) is 7.14. The van der Waals surface area contributed by atoms with Crippen LogP contribution in [0.1, 0.15) is 47.8 Å². The van der Waals surface area contributed by atoms with Gasteiger partial charge in [-0.05, 0) is 18.9 Å². The topological polar surface area (TPSA) is 61.5 Å². The number of carbonyl (C=O) groups excluding carboxylic acids is 1. The highest BCUT2D eigenvalue weighted by Crippen LogP contribution is 2.37. The van der Waals surface area contributed by atoms with E-state index in [1.165, 1.54) is 11.9 Å². The second kappa shape index (κ2) is 6.22. The predicted octanol–water partition coefficient (Wildman–Crippen LogP) is 3.20. The van der Waals surface area contributed by atoms with Crippen LogP contribution >= 0.6 is 11.6 Å². The molecule has 1 aromatic rings. The fourth-order valence-corrected chi connectivity index (χ4v) is 2.84. The molecule has 1 aliphatic rings. The van der Waals surface area contributed by atoms with Crippen molar-refractivity contribution < 1.29 is 4.79 Å². The molecule has 1 saturated carbocycles. The van der Waals surface area contributed by atoms with Crippen LogP contribution in [0.15, 0.2) is 11.1 Å². The molecule has 0 unspecified atom stereocenters. The number of halogens is 1. The van der Waals surface area contributed by atoms with Gasteiger partial charge in [-0.3, -0.25) is 4.79 Å². The average molecular weight is 295 g/mol. The van der Waals surface area contributed by atoms with Crippen molar-refractivity contribution in [1.29, 1.82) is 5.41 Å². The van der Waals surface area contributed by atoms with E-state index in [1.54, 1.807) is 25.1 Å². The molecule has 2 rings (SSSR count). The van der Waals surface area contributed by atoms with Crippen LogP contribution in [0.3, 0.4) is 0 Å². The van der Waals surface area contributed by atoms with Gasteiger partial charge in [0.1, 0.15) is 11.5 Å². The predicted molar refractivity (Wildman–Crippen MR) is 81.8 cm³/mol. The van der Waals surface area contributed by atoms with E-state index >= 15 is 0 Å². The minimum Gasteiger partial charge on any atom is -0.343 e. The molecule has 0 atom stereocenters. The van der Waals surface area contributed by atoms with Crippen LogP contribution in [0, 0.1) is 5.41 Å². The summed E-state index contributed by atoms with van der Waals surface area (Å²) in [6.07, 6.45) is 5.59.